The SMILES string of the molecule is [Co+2].c1ccc2cc3c4[n-]c(c3cc2c1)Nc1[nH]c(c2cc3ccccc3cc12)Nc1[n-]c(c2cc3ccccc3cc12)Nc1[nH]c(c2cc3ccccc3cc12)N4. The summed E-state index contributed by atoms with van der Waals surface area (Å²) >= 11 is 0. The van der Waals surface area contributed by atoms with E-state index in [1.54, 1.807) is 0 Å². The maximum Gasteiger partial charge on any atom is 2.00 e. The van der Waals surface area contributed by atoms with Gasteiger partial charge in [-0.2, -0.15) is 0 Å². The Kier molecular flexibility index (Phi) is 6.64. The zero-order valence-corrected chi connectivity index (χ0v) is 31.1. The fraction of sp³-hybridized carbons (Fsp3) is 0. The van der Waals surface area contributed by atoms with Crippen molar-refractivity contribution in [3.05, 3.63) is 146 Å². The number of anilines is 8. The number of benzene rings is 8. The largest absolute Gasteiger partial charge is 2.00 e. The summed E-state index contributed by atoms with van der Waals surface area (Å²) in [6.45, 7) is 0. The van der Waals surface area contributed by atoms with Crippen molar-refractivity contribution < 1.29 is 16.8 Å². The van der Waals surface area contributed by atoms with E-state index in [1.165, 1.54) is 0 Å². The molecule has 0 atom stereocenters. The maximum atomic E-state index is 5.32. The van der Waals surface area contributed by atoms with E-state index in [2.05, 4.69) is 177 Å². The first kappa shape index (κ1) is 32.0. The summed E-state index contributed by atoms with van der Waals surface area (Å²) in [6.07, 6.45) is 0. The Bertz CT molecular complexity index is 2920. The molecule has 0 aliphatic carbocycles. The van der Waals surface area contributed by atoms with Crippen LogP contribution in [0.1, 0.15) is 0 Å². The number of hydrogen-bond acceptors (Lipinski definition) is 4. The fourth-order valence-electron chi connectivity index (χ4n) is 8.81. The first-order valence-electron chi connectivity index (χ1n) is 18.8. The van der Waals surface area contributed by atoms with Crippen molar-refractivity contribution in [2.75, 3.05) is 21.3 Å². The van der Waals surface area contributed by atoms with Crippen LogP contribution in [0.2, 0.25) is 0 Å². The maximum absolute atomic E-state index is 5.32. The predicted molar refractivity (Wildman–Crippen MR) is 234 cm³/mol. The van der Waals surface area contributed by atoms with Crippen LogP contribution in [-0.4, -0.2) is 9.97 Å². The molecule has 6 N–H and O–H groups in total. The molecule has 5 heterocycles. The Morgan fingerprint density at radius 3 is 0.667 bits per heavy atom. The molecule has 271 valence electrons. The average Bonchev–Trinajstić information content (AvgIpc) is 3.95. The molecule has 0 unspecified atom stereocenters. The number of H-pyrrole nitrogens is 2. The normalized spacial score (nSPS) is 12.6. The molecule has 9 heteroatoms. The number of nitrogens with one attached hydrogen (secondary N) is 6. The second-order valence-corrected chi connectivity index (χ2v) is 14.8. The van der Waals surface area contributed by atoms with Crippen LogP contribution < -0.4 is 31.2 Å². The number of hydrogen-bond donors (Lipinski definition) is 6. The Morgan fingerprint density at radius 1 is 0.263 bits per heavy atom. The molecule has 12 aromatic rings. The minimum atomic E-state index is 0. The van der Waals surface area contributed by atoms with Crippen molar-refractivity contribution in [2.45, 2.75) is 0 Å². The molecule has 1 aliphatic rings. The van der Waals surface area contributed by atoms with Crippen LogP contribution in [0.15, 0.2) is 146 Å². The third kappa shape index (κ3) is 4.80. The van der Waals surface area contributed by atoms with Gasteiger partial charge in [-0.3, -0.25) is 0 Å². The van der Waals surface area contributed by atoms with E-state index in [0.29, 0.717) is 0 Å². The van der Waals surface area contributed by atoms with Crippen molar-refractivity contribution in [3.63, 3.8) is 0 Å². The van der Waals surface area contributed by atoms with Gasteiger partial charge in [0.25, 0.3) is 0 Å². The van der Waals surface area contributed by atoms with Gasteiger partial charge in [0.2, 0.25) is 0 Å². The zero-order valence-electron chi connectivity index (χ0n) is 30.1. The number of fused-ring (bicyclic) bond motifs is 24. The van der Waals surface area contributed by atoms with Crippen LogP contribution in [0.3, 0.4) is 0 Å². The summed E-state index contributed by atoms with van der Waals surface area (Å²) in [7, 11) is 0. The van der Waals surface area contributed by atoms with Crippen LogP contribution >= 0.6 is 0 Å². The first-order chi connectivity index (χ1) is 27.7. The monoisotopic (exact) mass is 777 g/mol. The predicted octanol–water partition coefficient (Wildman–Crippen LogP) is 12.8. The molecule has 8 bridgehead atoms. The molecule has 1 radical (unpaired) electrons. The summed E-state index contributed by atoms with van der Waals surface area (Å²) in [5, 5.41) is 32.6. The van der Waals surface area contributed by atoms with Crippen molar-refractivity contribution in [3.8, 4) is 0 Å². The minimum Gasteiger partial charge on any atom is -0.400 e. The second kappa shape index (κ2) is 11.8. The number of rotatable bonds is 0. The van der Waals surface area contributed by atoms with Crippen molar-refractivity contribution in [1.82, 2.24) is 19.9 Å². The number of aromatic amines is 2. The van der Waals surface area contributed by atoms with Crippen molar-refractivity contribution >= 4 is 133 Å². The average molecular weight is 778 g/mol. The molecule has 0 spiro atoms. The van der Waals surface area contributed by atoms with E-state index < -0.39 is 0 Å². The topological polar surface area (TPSA) is 108 Å². The second-order valence-electron chi connectivity index (χ2n) is 14.8. The summed E-state index contributed by atoms with van der Waals surface area (Å²) < 4.78 is 0. The van der Waals surface area contributed by atoms with Gasteiger partial charge in [-0.05, 0) is 113 Å². The Balaban J connectivity index is 0.00000356. The molecule has 57 heavy (non-hydrogen) atoms. The molecule has 0 fully saturated rings. The summed E-state index contributed by atoms with van der Waals surface area (Å²) in [5.41, 5.74) is 0. The molecular formula is C48H30CoN8. The van der Waals surface area contributed by atoms with Crippen LogP contribution in [0.5, 0.6) is 0 Å². The summed E-state index contributed by atoms with van der Waals surface area (Å²) in [6, 6.07) is 51.8. The van der Waals surface area contributed by atoms with Gasteiger partial charge in [0.1, 0.15) is 0 Å². The van der Waals surface area contributed by atoms with Crippen LogP contribution in [0.25, 0.3) is 86.2 Å². The molecule has 8 aromatic carbocycles. The van der Waals surface area contributed by atoms with Crippen LogP contribution in [-0.2, 0) is 16.8 Å². The quantitative estimate of drug-likeness (QED) is 0.0915. The molecule has 1 aliphatic heterocycles. The van der Waals surface area contributed by atoms with Gasteiger partial charge < -0.3 is 41.2 Å². The van der Waals surface area contributed by atoms with E-state index in [-0.39, 0.29) is 16.8 Å². The van der Waals surface area contributed by atoms with E-state index in [9.17, 15) is 0 Å². The van der Waals surface area contributed by atoms with Crippen LogP contribution in [0.4, 0.5) is 46.5 Å². The Morgan fingerprint density at radius 2 is 0.456 bits per heavy atom. The summed E-state index contributed by atoms with van der Waals surface area (Å²) in [4.78, 5) is 18.1. The number of nitrogens with zero attached hydrogens (tertiary/aromatic N) is 2. The molecule has 0 saturated heterocycles. The van der Waals surface area contributed by atoms with Gasteiger partial charge in [-0.15, -0.1) is 0 Å². The summed E-state index contributed by atoms with van der Waals surface area (Å²) in [5.74, 6) is 6.41. The van der Waals surface area contributed by atoms with E-state index in [1.807, 2.05) is 0 Å². The molecule has 4 aromatic heterocycles. The third-order valence-electron chi connectivity index (χ3n) is 11.6. The zero-order chi connectivity index (χ0) is 36.5. The van der Waals surface area contributed by atoms with Gasteiger partial charge in [0.15, 0.2) is 0 Å². The first-order valence-corrected chi connectivity index (χ1v) is 18.8. The third-order valence-corrected chi connectivity index (χ3v) is 11.6. The molecule has 0 amide bonds. The fourth-order valence-corrected chi connectivity index (χ4v) is 8.81. The van der Waals surface area contributed by atoms with Gasteiger partial charge in [0.05, 0.1) is 23.3 Å². The molecule has 0 saturated carbocycles. The van der Waals surface area contributed by atoms with Crippen molar-refractivity contribution in [2.24, 2.45) is 0 Å². The van der Waals surface area contributed by atoms with Crippen LogP contribution in [0, 0.1) is 0 Å². The Hall–Kier alpha value is -7.33. The van der Waals surface area contributed by atoms with Gasteiger partial charge in [-0.25, -0.2) is 0 Å². The minimum absolute atomic E-state index is 0. The van der Waals surface area contributed by atoms with Gasteiger partial charge in [-0.1, -0.05) is 97.1 Å². The van der Waals surface area contributed by atoms with Gasteiger partial charge >= 0.3 is 16.8 Å². The standard InChI is InChI=1S/C48H30N8.Co/c1-2-10-26-18-34-33(17-25(26)9-1)41-49-42(34)54-44-37-21-29-13-5-6-14-30(29)22-38(37)46(51-44)56-48-40-24-32-16-8-7-15-31(32)23-39(40)47(52-48)55-45-36-20-28-12-4-3-11-27(28)19-35(36)43(50-45)53-41;/h1-24,49,52-56H;/q-2;+2. The van der Waals surface area contributed by atoms with Gasteiger partial charge in [0, 0.05) is 44.8 Å². The smallest absolute Gasteiger partial charge is 0.400 e. The number of aromatic nitrogens is 4. The van der Waals surface area contributed by atoms with E-state index >= 15 is 0 Å². The van der Waals surface area contributed by atoms with Crippen molar-refractivity contribution in [1.29, 1.82) is 0 Å². The molecular weight excluding hydrogens is 748 g/mol. The molecule has 8 nitrogen and oxygen atoms in total. The Labute approximate surface area is 334 Å². The molecule has 13 rings (SSSR count). The van der Waals surface area contributed by atoms with E-state index in [4.69, 9.17) is 9.97 Å². The van der Waals surface area contributed by atoms with E-state index in [0.717, 1.165) is 133 Å².